The van der Waals surface area contributed by atoms with E-state index in [4.69, 9.17) is 5.26 Å². The van der Waals surface area contributed by atoms with E-state index in [1.54, 1.807) is 0 Å². The first-order valence-electron chi connectivity index (χ1n) is 5.10. The van der Waals surface area contributed by atoms with Gasteiger partial charge in [0.25, 0.3) is 0 Å². The Morgan fingerprint density at radius 2 is 1.94 bits per heavy atom. The van der Waals surface area contributed by atoms with Gasteiger partial charge in [0.15, 0.2) is 0 Å². The molecule has 0 atom stereocenters. The van der Waals surface area contributed by atoms with Gasteiger partial charge in [-0.3, -0.25) is 6.08 Å². The molecule has 0 unspecified atom stereocenters. The van der Waals surface area contributed by atoms with Crippen molar-refractivity contribution in [3.8, 4) is 6.07 Å². The van der Waals surface area contributed by atoms with Crippen LogP contribution < -0.4 is 58.2 Å². The molecule has 1 aliphatic heterocycles. The summed E-state index contributed by atoms with van der Waals surface area (Å²) in [5, 5.41) is 8.55. The summed E-state index contributed by atoms with van der Waals surface area (Å²) in [4.78, 5) is 2.32. The molecule has 0 saturated carbocycles. The summed E-state index contributed by atoms with van der Waals surface area (Å²) in [6.07, 6.45) is 5.75. The van der Waals surface area contributed by atoms with Crippen LogP contribution in [0, 0.1) is 17.4 Å². The zero-order chi connectivity index (χ0) is 10.5. The van der Waals surface area contributed by atoms with Crippen LogP contribution in [0.5, 0.6) is 0 Å². The fourth-order valence-corrected chi connectivity index (χ4v) is 1.68. The second kappa shape index (κ2) is 7.52. The normalized spacial score (nSPS) is 14.4. The van der Waals surface area contributed by atoms with Crippen LogP contribution in [0.25, 0.3) is 0 Å². The van der Waals surface area contributed by atoms with E-state index in [1.165, 1.54) is 5.56 Å². The molecule has 0 N–H and O–H groups in total. The van der Waals surface area contributed by atoms with Crippen LogP contribution in [0.15, 0.2) is 30.3 Å². The molecule has 0 aliphatic carbocycles. The first-order chi connectivity index (χ1) is 7.38. The molecule has 76 valence electrons. The van der Waals surface area contributed by atoms with Gasteiger partial charge in [0.2, 0.25) is 0 Å². The molecule has 1 heterocycles. The van der Waals surface area contributed by atoms with Crippen molar-refractivity contribution in [3.05, 3.63) is 47.5 Å². The van der Waals surface area contributed by atoms with Gasteiger partial charge in [0, 0.05) is 6.54 Å². The number of nitrogens with zero attached hydrogens (tertiary/aromatic N) is 2. The number of rotatable bonds is 3. The predicted octanol–water partition coefficient (Wildman–Crippen LogP) is -1.07. The van der Waals surface area contributed by atoms with Gasteiger partial charge in [-0.1, -0.05) is 24.3 Å². The molecule has 0 aromatic heterocycles. The number of benzene rings is 1. The molecule has 1 aliphatic rings. The third-order valence-corrected chi connectivity index (χ3v) is 2.52. The van der Waals surface area contributed by atoms with Crippen LogP contribution in [0.4, 0.5) is 0 Å². The van der Waals surface area contributed by atoms with E-state index >= 15 is 0 Å². The summed E-state index contributed by atoms with van der Waals surface area (Å²) in [7, 11) is 0. The minimum absolute atomic E-state index is 0. The van der Waals surface area contributed by atoms with Gasteiger partial charge in [-0.2, -0.15) is 5.26 Å². The minimum Gasteiger partial charge on any atom is -0.485 e. The maximum Gasteiger partial charge on any atom is 1.00 e. The van der Waals surface area contributed by atoms with Crippen molar-refractivity contribution >= 4 is 0 Å². The minimum atomic E-state index is 0. The molecular weight excluding hydrogens is 270 g/mol. The van der Waals surface area contributed by atoms with Crippen molar-refractivity contribution in [1.82, 2.24) is 4.90 Å². The number of nitriles is 1. The first-order valence-corrected chi connectivity index (χ1v) is 5.10. The maximum absolute atomic E-state index is 8.55. The smallest absolute Gasteiger partial charge is 0.485 e. The van der Waals surface area contributed by atoms with Crippen LogP contribution in [-0.2, 0) is 13.0 Å². The van der Waals surface area contributed by atoms with E-state index in [1.807, 2.05) is 12.1 Å². The second-order valence-corrected chi connectivity index (χ2v) is 3.73. The molecule has 0 radical (unpaired) electrons. The zero-order valence-electron chi connectivity index (χ0n) is 9.61. The van der Waals surface area contributed by atoms with Crippen molar-refractivity contribution in [2.24, 2.45) is 0 Å². The van der Waals surface area contributed by atoms with Crippen molar-refractivity contribution in [2.45, 2.75) is 13.0 Å². The molecular formula is C13H13N2Rb. The van der Waals surface area contributed by atoms with Crippen molar-refractivity contribution < 1.29 is 58.2 Å². The number of hydrogen-bond donors (Lipinski definition) is 0. The standard InChI is InChI=1S/C13H13N2.Rb/c14-8-7-12-3-5-13(6-4-12)11-15-9-1-2-10-15;/h1,3-6H,7,9-11H2;/q-1;+1. The average Bonchev–Trinajstić information content (AvgIpc) is 2.74. The molecule has 0 fully saturated rings. The van der Waals surface area contributed by atoms with Gasteiger partial charge in [0.1, 0.15) is 0 Å². The Morgan fingerprint density at radius 3 is 2.50 bits per heavy atom. The molecule has 2 nitrogen and oxygen atoms in total. The van der Waals surface area contributed by atoms with E-state index in [0.29, 0.717) is 6.42 Å². The van der Waals surface area contributed by atoms with E-state index in [0.717, 1.165) is 25.2 Å². The topological polar surface area (TPSA) is 27.0 Å². The Kier molecular flexibility index (Phi) is 6.71. The number of hydrogen-bond acceptors (Lipinski definition) is 2. The van der Waals surface area contributed by atoms with Gasteiger partial charge in [-0.15, -0.1) is 6.54 Å². The Hall–Kier alpha value is 0.215. The van der Waals surface area contributed by atoms with Crippen molar-refractivity contribution in [2.75, 3.05) is 13.1 Å². The van der Waals surface area contributed by atoms with Gasteiger partial charge < -0.3 is 11.0 Å². The van der Waals surface area contributed by atoms with Crippen LogP contribution in [0.1, 0.15) is 11.1 Å². The first kappa shape index (κ1) is 14.3. The van der Waals surface area contributed by atoms with Gasteiger partial charge in [-0.05, 0) is 17.7 Å². The van der Waals surface area contributed by atoms with Crippen LogP contribution >= 0.6 is 0 Å². The Morgan fingerprint density at radius 1 is 1.25 bits per heavy atom. The fraction of sp³-hybridized carbons (Fsp3) is 0.308. The van der Waals surface area contributed by atoms with E-state index in [2.05, 4.69) is 35.3 Å². The Bertz CT molecular complexity index is 381. The summed E-state index contributed by atoms with van der Waals surface area (Å²) in [6, 6.07) is 10.4. The molecule has 0 spiro atoms. The fourth-order valence-electron chi connectivity index (χ4n) is 1.68. The molecule has 2 rings (SSSR count). The molecule has 1 aromatic rings. The summed E-state index contributed by atoms with van der Waals surface area (Å²) in [5.74, 6) is 0. The Labute approximate surface area is 146 Å². The quantitative estimate of drug-likeness (QED) is 0.661. The SMILES string of the molecule is N#CCc1ccc(CN2C[C-]=CC2)cc1.[Rb+]. The van der Waals surface area contributed by atoms with E-state index < -0.39 is 0 Å². The largest absolute Gasteiger partial charge is 1.00 e. The summed E-state index contributed by atoms with van der Waals surface area (Å²) >= 11 is 0. The maximum atomic E-state index is 8.55. The average molecular weight is 283 g/mol. The zero-order valence-corrected chi connectivity index (χ0v) is 14.5. The Balaban J connectivity index is 0.00000128. The van der Waals surface area contributed by atoms with E-state index in [-0.39, 0.29) is 58.2 Å². The van der Waals surface area contributed by atoms with E-state index in [9.17, 15) is 0 Å². The van der Waals surface area contributed by atoms with Gasteiger partial charge in [-0.25, -0.2) is 0 Å². The monoisotopic (exact) mass is 282 g/mol. The van der Waals surface area contributed by atoms with Crippen molar-refractivity contribution in [1.29, 1.82) is 5.26 Å². The predicted molar refractivity (Wildman–Crippen MR) is 58.8 cm³/mol. The molecule has 3 heteroatoms. The summed E-state index contributed by atoms with van der Waals surface area (Å²) in [6.45, 7) is 2.90. The summed E-state index contributed by atoms with van der Waals surface area (Å²) < 4.78 is 0. The third kappa shape index (κ3) is 4.23. The van der Waals surface area contributed by atoms with Gasteiger partial charge in [0.05, 0.1) is 12.5 Å². The third-order valence-electron chi connectivity index (χ3n) is 2.52. The summed E-state index contributed by atoms with van der Waals surface area (Å²) in [5.41, 5.74) is 2.39. The molecule has 0 amide bonds. The molecule has 0 bridgehead atoms. The van der Waals surface area contributed by atoms with Crippen LogP contribution in [0.2, 0.25) is 0 Å². The molecule has 1 aromatic carbocycles. The molecule has 0 saturated heterocycles. The molecule has 16 heavy (non-hydrogen) atoms. The van der Waals surface area contributed by atoms with Crippen molar-refractivity contribution in [3.63, 3.8) is 0 Å². The van der Waals surface area contributed by atoms with Crippen LogP contribution in [0.3, 0.4) is 0 Å². The van der Waals surface area contributed by atoms with Gasteiger partial charge >= 0.3 is 58.2 Å². The second-order valence-electron chi connectivity index (χ2n) is 3.73. The van der Waals surface area contributed by atoms with Crippen LogP contribution in [-0.4, -0.2) is 18.0 Å².